The van der Waals surface area contributed by atoms with Crippen LogP contribution in [0.3, 0.4) is 0 Å². The van der Waals surface area contributed by atoms with E-state index in [1.807, 2.05) is 6.08 Å². The summed E-state index contributed by atoms with van der Waals surface area (Å²) < 4.78 is 34.3. The van der Waals surface area contributed by atoms with Crippen molar-refractivity contribution in [3.8, 4) is 0 Å². The van der Waals surface area contributed by atoms with Crippen molar-refractivity contribution in [2.45, 2.75) is 343 Å². The topological polar surface area (TPSA) is 307 Å². The number of nitrogens with one attached hydrogen (secondary N) is 1. The van der Waals surface area contributed by atoms with Gasteiger partial charge in [0.15, 0.2) is 18.9 Å². The largest absolute Gasteiger partial charge is 0.394 e. The fourth-order valence-electron chi connectivity index (χ4n) is 11.4. The Kier molecular flexibility index (Phi) is 44.8. The lowest BCUT2D eigenvalue weighted by molar-refractivity contribution is -0.379. The van der Waals surface area contributed by atoms with E-state index in [4.69, 9.17) is 28.4 Å². The molecule has 3 saturated heterocycles. The number of ether oxygens (including phenoxy) is 6. The maximum atomic E-state index is 13.4. The van der Waals surface area contributed by atoms with Gasteiger partial charge in [-0.1, -0.05) is 229 Å². The van der Waals surface area contributed by atoms with Crippen LogP contribution in [-0.2, 0) is 33.2 Å². The lowest BCUT2D eigenvalue weighted by atomic mass is 9.96. The minimum atomic E-state index is -1.98. The van der Waals surface area contributed by atoms with Crippen LogP contribution in [0.15, 0.2) is 48.6 Å². The second-order valence-electron chi connectivity index (χ2n) is 24.3. The molecular formula is C67H121NO18. The Hall–Kier alpha value is -2.25. The minimum absolute atomic E-state index is 0.223. The van der Waals surface area contributed by atoms with Gasteiger partial charge < -0.3 is 89.9 Å². The minimum Gasteiger partial charge on any atom is -0.394 e. The zero-order valence-electron chi connectivity index (χ0n) is 52.8. The molecule has 19 nitrogen and oxygen atoms in total. The Morgan fingerprint density at radius 3 is 1.26 bits per heavy atom. The van der Waals surface area contributed by atoms with E-state index in [9.17, 15) is 61.0 Å². The molecule has 3 heterocycles. The quantitative estimate of drug-likeness (QED) is 0.0202. The van der Waals surface area contributed by atoms with E-state index in [1.54, 1.807) is 6.08 Å². The Morgan fingerprint density at radius 2 is 0.802 bits per heavy atom. The zero-order chi connectivity index (χ0) is 62.6. The van der Waals surface area contributed by atoms with E-state index >= 15 is 0 Å². The van der Waals surface area contributed by atoms with Gasteiger partial charge in [0.05, 0.1) is 38.6 Å². The number of rotatable bonds is 51. The van der Waals surface area contributed by atoms with E-state index in [0.717, 1.165) is 77.0 Å². The lowest BCUT2D eigenvalue weighted by Gasteiger charge is -2.48. The van der Waals surface area contributed by atoms with Gasteiger partial charge in [-0.25, -0.2) is 0 Å². The van der Waals surface area contributed by atoms with Crippen LogP contribution in [0, 0.1) is 0 Å². The van der Waals surface area contributed by atoms with Crippen molar-refractivity contribution in [3.63, 3.8) is 0 Å². The Balaban J connectivity index is 1.44. The molecule has 0 aromatic heterocycles. The molecule has 0 aromatic rings. The predicted octanol–water partition coefficient (Wildman–Crippen LogP) is 8.22. The maximum Gasteiger partial charge on any atom is 0.220 e. The summed E-state index contributed by atoms with van der Waals surface area (Å²) in [7, 11) is 0. The second kappa shape index (κ2) is 49.5. The van der Waals surface area contributed by atoms with E-state index in [0.29, 0.717) is 6.42 Å². The second-order valence-corrected chi connectivity index (χ2v) is 24.3. The summed E-state index contributed by atoms with van der Waals surface area (Å²) >= 11 is 0. The van der Waals surface area contributed by atoms with Crippen LogP contribution in [0.2, 0.25) is 0 Å². The number of carbonyl (C=O) groups excluding carboxylic acids is 1. The number of hydrogen-bond donors (Lipinski definition) is 12. The summed E-state index contributed by atoms with van der Waals surface area (Å²) in [5, 5.41) is 120. The number of aliphatic hydroxyl groups excluding tert-OH is 11. The molecule has 19 heteroatoms. The van der Waals surface area contributed by atoms with Gasteiger partial charge in [0, 0.05) is 6.42 Å². The van der Waals surface area contributed by atoms with Crippen LogP contribution in [0.25, 0.3) is 0 Å². The fraction of sp³-hybridized carbons (Fsp3) is 0.866. The van der Waals surface area contributed by atoms with Crippen molar-refractivity contribution in [1.82, 2.24) is 5.32 Å². The fourth-order valence-corrected chi connectivity index (χ4v) is 11.4. The average Bonchev–Trinajstić information content (AvgIpc) is 2.24. The maximum absolute atomic E-state index is 13.4. The Bertz CT molecular complexity index is 1750. The first kappa shape index (κ1) is 78.0. The van der Waals surface area contributed by atoms with E-state index in [2.05, 4.69) is 55.6 Å². The number of carbonyl (C=O) groups is 1. The molecule has 3 aliphatic heterocycles. The number of allylic oxidation sites excluding steroid dienone is 7. The predicted molar refractivity (Wildman–Crippen MR) is 332 cm³/mol. The first-order valence-electron chi connectivity index (χ1n) is 33.9. The number of amides is 1. The summed E-state index contributed by atoms with van der Waals surface area (Å²) in [6.45, 7) is 1.61. The lowest BCUT2D eigenvalue weighted by Crippen LogP contribution is -2.66. The highest BCUT2D eigenvalue weighted by Crippen LogP contribution is 2.33. The van der Waals surface area contributed by atoms with Crippen LogP contribution < -0.4 is 5.32 Å². The third-order valence-corrected chi connectivity index (χ3v) is 16.9. The molecule has 1 amide bonds. The average molecular weight is 1230 g/mol. The zero-order valence-corrected chi connectivity index (χ0v) is 52.8. The third kappa shape index (κ3) is 31.7. The van der Waals surface area contributed by atoms with Crippen molar-refractivity contribution < 1.29 is 89.4 Å². The van der Waals surface area contributed by atoms with Gasteiger partial charge in [-0.2, -0.15) is 0 Å². The molecule has 17 unspecified atom stereocenters. The summed E-state index contributed by atoms with van der Waals surface area (Å²) in [6.07, 6.45) is 31.0. The first-order chi connectivity index (χ1) is 41.8. The van der Waals surface area contributed by atoms with Crippen LogP contribution in [-0.4, -0.2) is 193 Å². The molecule has 17 atom stereocenters. The third-order valence-electron chi connectivity index (χ3n) is 16.9. The summed E-state index contributed by atoms with van der Waals surface area (Å²) in [5.74, 6) is -0.292. The molecule has 3 fully saturated rings. The van der Waals surface area contributed by atoms with Gasteiger partial charge in [0.2, 0.25) is 5.91 Å². The van der Waals surface area contributed by atoms with Crippen molar-refractivity contribution in [2.75, 3.05) is 26.4 Å². The van der Waals surface area contributed by atoms with Crippen molar-refractivity contribution in [1.29, 1.82) is 0 Å². The van der Waals surface area contributed by atoms with Crippen molar-refractivity contribution >= 4 is 5.91 Å². The first-order valence-corrected chi connectivity index (χ1v) is 33.9. The highest BCUT2D eigenvalue weighted by atomic mass is 16.8. The van der Waals surface area contributed by atoms with Crippen LogP contribution >= 0.6 is 0 Å². The molecule has 0 bridgehead atoms. The molecule has 86 heavy (non-hydrogen) atoms. The number of hydrogen-bond acceptors (Lipinski definition) is 18. The number of aliphatic hydroxyl groups is 11. The SMILES string of the molecule is CC/C=C\C/C=C\C/C=C\CCCCCCCC(=O)NC(COC1OC(CO)C(OC2OC(CO)C(OC3OC(CO)C(O)C(O)C3O)C(O)C2O)C(O)C1O)C(O)/C=C/CCCCCCCCCCCCCCCCCCCCCCCCCC. The molecule has 3 rings (SSSR count). The molecule has 0 spiro atoms. The normalized spacial score (nSPS) is 29.1. The van der Waals surface area contributed by atoms with Crippen molar-refractivity contribution in [2.24, 2.45) is 0 Å². The molecule has 0 radical (unpaired) electrons. The number of unbranched alkanes of at least 4 members (excludes halogenated alkanes) is 29. The van der Waals surface area contributed by atoms with Gasteiger partial charge in [0.25, 0.3) is 0 Å². The Morgan fingerprint density at radius 1 is 0.430 bits per heavy atom. The molecule has 0 saturated carbocycles. The molecule has 502 valence electrons. The van der Waals surface area contributed by atoms with Crippen LogP contribution in [0.4, 0.5) is 0 Å². The molecule has 0 aromatic carbocycles. The highest BCUT2D eigenvalue weighted by molar-refractivity contribution is 5.76. The van der Waals surface area contributed by atoms with E-state index < -0.39 is 124 Å². The molecular weight excluding hydrogens is 1110 g/mol. The van der Waals surface area contributed by atoms with Gasteiger partial charge in [-0.15, -0.1) is 0 Å². The molecule has 12 N–H and O–H groups in total. The summed E-state index contributed by atoms with van der Waals surface area (Å²) in [4.78, 5) is 13.4. The van der Waals surface area contributed by atoms with Gasteiger partial charge >= 0.3 is 0 Å². The van der Waals surface area contributed by atoms with Gasteiger partial charge in [-0.05, 0) is 51.4 Å². The Labute approximate surface area is 516 Å². The summed E-state index contributed by atoms with van der Waals surface area (Å²) in [6, 6.07) is -0.984. The van der Waals surface area contributed by atoms with Gasteiger partial charge in [-0.3, -0.25) is 4.79 Å². The molecule has 0 aliphatic carbocycles. The van der Waals surface area contributed by atoms with Crippen molar-refractivity contribution in [3.05, 3.63) is 48.6 Å². The van der Waals surface area contributed by atoms with Gasteiger partial charge in [0.1, 0.15) is 73.2 Å². The van der Waals surface area contributed by atoms with Crippen LogP contribution in [0.1, 0.15) is 239 Å². The van der Waals surface area contributed by atoms with Crippen LogP contribution in [0.5, 0.6) is 0 Å². The smallest absolute Gasteiger partial charge is 0.220 e. The van der Waals surface area contributed by atoms with E-state index in [-0.39, 0.29) is 18.9 Å². The summed E-state index contributed by atoms with van der Waals surface area (Å²) in [5.41, 5.74) is 0. The highest BCUT2D eigenvalue weighted by Gasteiger charge is 2.53. The van der Waals surface area contributed by atoms with E-state index in [1.165, 1.54) is 135 Å². The monoisotopic (exact) mass is 1230 g/mol. The molecule has 3 aliphatic rings. The standard InChI is InChI=1S/C67H121NO18/c1-3-5-7-9-11-13-15-17-19-20-21-22-23-24-25-26-27-28-29-31-32-34-36-38-40-42-44-51(72)50(68-55(73)45-43-41-39-37-35-33-30-18-16-14-12-10-8-6-4-2)49-81-65-61(79)58(76)63(53(47-70)83-65)86-67-62(80)59(77)64(54(48-71)84-67)85-66-60(78)57(75)56(74)52(46-69)82-66/h6,8,12,14,18,30,42,44,50-54,56-67,69-72,74-80H,3-5,7,9-11,13,15-17,19-29,31-41,43,45-49H2,1-2H3,(H,68,73)/b8-6-,14-12-,30-18-,44-42+.